The van der Waals surface area contributed by atoms with E-state index in [1.165, 1.54) is 0 Å². The van der Waals surface area contributed by atoms with Crippen LogP contribution in [0.15, 0.2) is 12.1 Å². The standard InChI is InChI=1S/C20H30N2O4.ClH/c1-6-15(21-12(4)5)19(24)14-7-9-16(26-20(25)11(2)3)18-13(14)8-10-17(23)22-18;/h7,9,11-12,15,19,21,24H,6,8,10H2,1-5H3,(H,22,23);1H. The smallest absolute Gasteiger partial charge is 0.313 e. The molecule has 0 aliphatic carbocycles. The number of hydrogen-bond acceptors (Lipinski definition) is 5. The zero-order valence-electron chi connectivity index (χ0n) is 16.7. The molecule has 0 spiro atoms. The number of aliphatic hydroxyl groups is 1. The lowest BCUT2D eigenvalue weighted by atomic mass is 9.90. The molecule has 2 rings (SSSR count). The molecule has 0 bridgehead atoms. The van der Waals surface area contributed by atoms with E-state index >= 15 is 0 Å². The Balaban J connectivity index is 0.00000364. The van der Waals surface area contributed by atoms with Crippen molar-refractivity contribution in [3.8, 4) is 5.75 Å². The maximum atomic E-state index is 12.0. The zero-order valence-corrected chi connectivity index (χ0v) is 17.5. The number of esters is 1. The highest BCUT2D eigenvalue weighted by molar-refractivity contribution is 5.96. The van der Waals surface area contributed by atoms with Crippen molar-refractivity contribution in [2.24, 2.45) is 5.92 Å². The van der Waals surface area contributed by atoms with Crippen molar-refractivity contribution < 1.29 is 19.4 Å². The highest BCUT2D eigenvalue weighted by Gasteiger charge is 2.29. The van der Waals surface area contributed by atoms with Gasteiger partial charge in [0.15, 0.2) is 5.75 Å². The lowest BCUT2D eigenvalue weighted by molar-refractivity contribution is -0.137. The van der Waals surface area contributed by atoms with E-state index in [1.807, 2.05) is 20.8 Å². The minimum atomic E-state index is -0.707. The van der Waals surface area contributed by atoms with Gasteiger partial charge in [0.2, 0.25) is 5.91 Å². The summed E-state index contributed by atoms with van der Waals surface area (Å²) >= 11 is 0. The monoisotopic (exact) mass is 398 g/mol. The summed E-state index contributed by atoms with van der Waals surface area (Å²) in [6.07, 6.45) is 0.924. The number of carbonyl (C=O) groups is 2. The van der Waals surface area contributed by atoms with Gasteiger partial charge in [-0.3, -0.25) is 9.59 Å². The molecule has 6 nitrogen and oxygen atoms in total. The highest BCUT2D eigenvalue weighted by Crippen LogP contribution is 2.38. The molecule has 3 N–H and O–H groups in total. The van der Waals surface area contributed by atoms with Gasteiger partial charge in [-0.05, 0) is 30.0 Å². The molecule has 0 aromatic heterocycles. The number of amides is 1. The first-order valence-corrected chi connectivity index (χ1v) is 9.36. The van der Waals surface area contributed by atoms with E-state index in [1.54, 1.807) is 26.0 Å². The fourth-order valence-corrected chi connectivity index (χ4v) is 3.15. The second-order valence-electron chi connectivity index (χ2n) is 7.41. The molecular formula is C20H31ClN2O4. The fourth-order valence-electron chi connectivity index (χ4n) is 3.15. The van der Waals surface area contributed by atoms with Gasteiger partial charge in [-0.15, -0.1) is 12.4 Å². The van der Waals surface area contributed by atoms with E-state index < -0.39 is 6.10 Å². The molecule has 7 heteroatoms. The maximum absolute atomic E-state index is 12.0. The van der Waals surface area contributed by atoms with Gasteiger partial charge in [-0.25, -0.2) is 0 Å². The van der Waals surface area contributed by atoms with Crippen LogP contribution < -0.4 is 15.4 Å². The van der Waals surface area contributed by atoms with Crippen LogP contribution in [0.25, 0.3) is 0 Å². The minimum absolute atomic E-state index is 0. The van der Waals surface area contributed by atoms with Crippen molar-refractivity contribution in [1.29, 1.82) is 0 Å². The molecule has 1 aliphatic rings. The molecule has 1 heterocycles. The normalized spacial score (nSPS) is 15.6. The summed E-state index contributed by atoms with van der Waals surface area (Å²) < 4.78 is 5.46. The molecule has 2 atom stereocenters. The number of aliphatic hydroxyl groups excluding tert-OH is 1. The number of nitrogens with one attached hydrogen (secondary N) is 2. The third-order valence-electron chi connectivity index (χ3n) is 4.55. The Labute approximate surface area is 167 Å². The zero-order chi connectivity index (χ0) is 19.4. The number of carbonyl (C=O) groups excluding carboxylic acids is 2. The van der Waals surface area contributed by atoms with E-state index in [4.69, 9.17) is 4.74 Å². The van der Waals surface area contributed by atoms with E-state index in [0.29, 0.717) is 24.3 Å². The Bertz CT molecular complexity index is 676. The van der Waals surface area contributed by atoms with E-state index in [0.717, 1.165) is 17.5 Å². The Hall–Kier alpha value is -1.63. The number of rotatable bonds is 7. The van der Waals surface area contributed by atoms with Gasteiger partial charge in [0, 0.05) is 18.5 Å². The first-order valence-electron chi connectivity index (χ1n) is 9.36. The van der Waals surface area contributed by atoms with Gasteiger partial charge in [0.05, 0.1) is 17.7 Å². The molecule has 0 radical (unpaired) electrons. The number of fused-ring (bicyclic) bond motifs is 1. The SMILES string of the molecule is CCC(NC(C)C)C(O)c1ccc(OC(=O)C(C)C)c2c1CCC(=O)N2.Cl. The Morgan fingerprint density at radius 2 is 1.93 bits per heavy atom. The predicted molar refractivity (Wildman–Crippen MR) is 108 cm³/mol. The molecule has 0 fully saturated rings. The van der Waals surface area contributed by atoms with Crippen LogP contribution in [0.2, 0.25) is 0 Å². The summed E-state index contributed by atoms with van der Waals surface area (Å²) in [7, 11) is 0. The lowest BCUT2D eigenvalue weighted by Crippen LogP contribution is -2.39. The number of hydrogen-bond donors (Lipinski definition) is 3. The van der Waals surface area contributed by atoms with Crippen LogP contribution in [0.5, 0.6) is 5.75 Å². The molecule has 0 saturated carbocycles. The molecule has 1 aliphatic heterocycles. The molecule has 2 unspecified atom stereocenters. The van der Waals surface area contributed by atoms with Gasteiger partial charge >= 0.3 is 5.97 Å². The Morgan fingerprint density at radius 1 is 1.26 bits per heavy atom. The summed E-state index contributed by atoms with van der Waals surface area (Å²) in [6.45, 7) is 9.62. The molecule has 1 aromatic rings. The molecule has 27 heavy (non-hydrogen) atoms. The van der Waals surface area contributed by atoms with Crippen LogP contribution >= 0.6 is 12.4 Å². The summed E-state index contributed by atoms with van der Waals surface area (Å²) in [6, 6.07) is 3.61. The first kappa shape index (κ1) is 23.4. The fraction of sp³-hybridized carbons (Fsp3) is 0.600. The molecule has 152 valence electrons. The second kappa shape index (κ2) is 10.1. The number of anilines is 1. The van der Waals surface area contributed by atoms with Gasteiger partial charge in [-0.2, -0.15) is 0 Å². The number of halogens is 1. The Morgan fingerprint density at radius 3 is 2.48 bits per heavy atom. The maximum Gasteiger partial charge on any atom is 0.313 e. The van der Waals surface area contributed by atoms with Crippen LogP contribution in [0, 0.1) is 5.92 Å². The van der Waals surface area contributed by atoms with Crippen molar-refractivity contribution in [3.05, 3.63) is 23.3 Å². The average Bonchev–Trinajstić information content (AvgIpc) is 2.59. The summed E-state index contributed by atoms with van der Waals surface area (Å²) in [5, 5.41) is 17.1. The molecular weight excluding hydrogens is 368 g/mol. The predicted octanol–water partition coefficient (Wildman–Crippen LogP) is 3.36. The van der Waals surface area contributed by atoms with Crippen molar-refractivity contribution in [1.82, 2.24) is 5.32 Å². The quantitative estimate of drug-likeness (QED) is 0.484. The number of ether oxygens (including phenoxy) is 1. The van der Waals surface area contributed by atoms with Crippen LogP contribution in [-0.2, 0) is 16.0 Å². The van der Waals surface area contributed by atoms with Gasteiger partial charge in [0.1, 0.15) is 0 Å². The van der Waals surface area contributed by atoms with Crippen molar-refractivity contribution >= 4 is 30.0 Å². The van der Waals surface area contributed by atoms with Gasteiger partial charge in [-0.1, -0.05) is 40.7 Å². The summed E-state index contributed by atoms with van der Waals surface area (Å²) in [5.41, 5.74) is 2.12. The summed E-state index contributed by atoms with van der Waals surface area (Å²) in [5.74, 6) is -0.394. The topological polar surface area (TPSA) is 87.7 Å². The summed E-state index contributed by atoms with van der Waals surface area (Å²) in [4.78, 5) is 23.9. The van der Waals surface area contributed by atoms with E-state index in [9.17, 15) is 14.7 Å². The van der Waals surface area contributed by atoms with Gasteiger partial charge < -0.3 is 20.5 Å². The average molecular weight is 399 g/mol. The van der Waals surface area contributed by atoms with Crippen molar-refractivity contribution in [2.45, 2.75) is 72.1 Å². The van der Waals surface area contributed by atoms with Crippen molar-refractivity contribution in [3.63, 3.8) is 0 Å². The highest BCUT2D eigenvalue weighted by atomic mass is 35.5. The van der Waals surface area contributed by atoms with Crippen LogP contribution in [0.3, 0.4) is 0 Å². The van der Waals surface area contributed by atoms with Crippen LogP contribution in [0.1, 0.15) is 64.7 Å². The van der Waals surface area contributed by atoms with Crippen molar-refractivity contribution in [2.75, 3.05) is 5.32 Å². The third kappa shape index (κ3) is 5.67. The molecule has 1 amide bonds. The van der Waals surface area contributed by atoms with Crippen LogP contribution in [0.4, 0.5) is 5.69 Å². The second-order valence-corrected chi connectivity index (χ2v) is 7.41. The number of benzene rings is 1. The lowest BCUT2D eigenvalue weighted by Gasteiger charge is -2.30. The molecule has 1 aromatic carbocycles. The first-order chi connectivity index (χ1) is 12.2. The Kier molecular flexibility index (Phi) is 8.72. The van der Waals surface area contributed by atoms with E-state index in [-0.39, 0.29) is 42.3 Å². The third-order valence-corrected chi connectivity index (χ3v) is 4.55. The minimum Gasteiger partial charge on any atom is -0.424 e. The van der Waals surface area contributed by atoms with Crippen LogP contribution in [-0.4, -0.2) is 29.1 Å². The molecule has 0 saturated heterocycles. The van der Waals surface area contributed by atoms with Gasteiger partial charge in [0.25, 0.3) is 0 Å². The largest absolute Gasteiger partial charge is 0.424 e. The van der Waals surface area contributed by atoms with E-state index in [2.05, 4.69) is 10.6 Å².